The predicted molar refractivity (Wildman–Crippen MR) is 64.2 cm³/mol. The van der Waals surface area contributed by atoms with Gasteiger partial charge in [-0.15, -0.1) is 10.2 Å². The van der Waals surface area contributed by atoms with Crippen molar-refractivity contribution in [2.75, 3.05) is 13.1 Å². The third-order valence-electron chi connectivity index (χ3n) is 3.38. The van der Waals surface area contributed by atoms with E-state index in [2.05, 4.69) is 27.0 Å². The molecule has 0 bridgehead atoms. The molecule has 4 heteroatoms. The zero-order chi connectivity index (χ0) is 11.2. The Bertz CT molecular complexity index is 302. The molecule has 90 valence electrons. The highest BCUT2D eigenvalue weighted by atomic mass is 15.3. The van der Waals surface area contributed by atoms with E-state index in [1.165, 1.54) is 31.5 Å². The highest BCUT2D eigenvalue weighted by molar-refractivity contribution is 4.89. The minimum atomic E-state index is 0.797. The summed E-state index contributed by atoms with van der Waals surface area (Å²) < 4.78 is 2.23. The van der Waals surface area contributed by atoms with E-state index < -0.39 is 0 Å². The van der Waals surface area contributed by atoms with Gasteiger partial charge in [0, 0.05) is 13.0 Å². The fourth-order valence-electron chi connectivity index (χ4n) is 2.30. The van der Waals surface area contributed by atoms with E-state index in [1.807, 2.05) is 6.33 Å². The smallest absolute Gasteiger partial charge is 0.133 e. The Labute approximate surface area is 97.5 Å². The molecule has 0 amide bonds. The van der Waals surface area contributed by atoms with Crippen molar-refractivity contribution in [2.45, 2.75) is 45.6 Å². The largest absolute Gasteiger partial charge is 0.318 e. The lowest BCUT2D eigenvalue weighted by molar-refractivity contribution is 0.362. The maximum absolute atomic E-state index is 4.26. The lowest BCUT2D eigenvalue weighted by atomic mass is 9.94. The Kier molecular flexibility index (Phi) is 4.34. The molecule has 0 unspecified atom stereocenters. The van der Waals surface area contributed by atoms with Crippen LogP contribution in [0.2, 0.25) is 0 Å². The normalized spacial score (nSPS) is 17.8. The Morgan fingerprint density at radius 2 is 2.25 bits per heavy atom. The Balaban J connectivity index is 1.89. The van der Waals surface area contributed by atoms with Crippen molar-refractivity contribution in [3.8, 4) is 0 Å². The summed E-state index contributed by atoms with van der Waals surface area (Å²) in [5.74, 6) is 1.98. The molecule has 1 saturated heterocycles. The highest BCUT2D eigenvalue weighted by Crippen LogP contribution is 2.16. The van der Waals surface area contributed by atoms with Crippen LogP contribution in [-0.2, 0) is 13.0 Å². The fraction of sp³-hybridized carbons (Fsp3) is 0.833. The number of aromatic nitrogens is 3. The zero-order valence-electron chi connectivity index (χ0n) is 10.2. The van der Waals surface area contributed by atoms with E-state index in [9.17, 15) is 0 Å². The van der Waals surface area contributed by atoms with Gasteiger partial charge in [-0.2, -0.15) is 0 Å². The summed E-state index contributed by atoms with van der Waals surface area (Å²) in [4.78, 5) is 0. The second kappa shape index (κ2) is 5.99. The molecule has 0 atom stereocenters. The van der Waals surface area contributed by atoms with Crippen molar-refractivity contribution < 1.29 is 0 Å². The summed E-state index contributed by atoms with van der Waals surface area (Å²) in [7, 11) is 0. The van der Waals surface area contributed by atoms with Crippen molar-refractivity contribution in [1.82, 2.24) is 20.1 Å². The molecule has 1 aromatic heterocycles. The van der Waals surface area contributed by atoms with Crippen molar-refractivity contribution in [3.05, 3.63) is 12.2 Å². The Morgan fingerprint density at radius 3 is 3.00 bits per heavy atom. The van der Waals surface area contributed by atoms with Gasteiger partial charge < -0.3 is 9.88 Å². The third-order valence-corrected chi connectivity index (χ3v) is 3.38. The molecule has 1 aliphatic heterocycles. The lowest BCUT2D eigenvalue weighted by Gasteiger charge is -2.22. The Morgan fingerprint density at radius 1 is 1.44 bits per heavy atom. The maximum atomic E-state index is 4.26. The van der Waals surface area contributed by atoms with Gasteiger partial charge in [-0.25, -0.2) is 0 Å². The van der Waals surface area contributed by atoms with Gasteiger partial charge in [0.05, 0.1) is 0 Å². The fourth-order valence-corrected chi connectivity index (χ4v) is 2.30. The number of aryl methyl sites for hydroxylation is 1. The van der Waals surface area contributed by atoms with E-state index in [0.29, 0.717) is 0 Å². The molecule has 0 saturated carbocycles. The van der Waals surface area contributed by atoms with Crippen LogP contribution in [0.5, 0.6) is 0 Å². The second-order valence-corrected chi connectivity index (χ2v) is 4.69. The van der Waals surface area contributed by atoms with Gasteiger partial charge in [0.25, 0.3) is 0 Å². The molecular weight excluding hydrogens is 200 g/mol. The quantitative estimate of drug-likeness (QED) is 0.823. The average Bonchev–Trinajstić information content (AvgIpc) is 2.75. The summed E-state index contributed by atoms with van der Waals surface area (Å²) in [6, 6.07) is 0. The van der Waals surface area contributed by atoms with Gasteiger partial charge in [0.2, 0.25) is 0 Å². The molecule has 1 fully saturated rings. The van der Waals surface area contributed by atoms with Gasteiger partial charge in [0.15, 0.2) is 0 Å². The minimum absolute atomic E-state index is 0.797. The van der Waals surface area contributed by atoms with Crippen molar-refractivity contribution in [2.24, 2.45) is 5.92 Å². The highest BCUT2D eigenvalue weighted by Gasteiger charge is 2.16. The first-order valence-corrected chi connectivity index (χ1v) is 6.47. The molecule has 0 aliphatic carbocycles. The average molecular weight is 222 g/mol. The van der Waals surface area contributed by atoms with Crippen molar-refractivity contribution in [1.29, 1.82) is 0 Å². The molecule has 2 rings (SSSR count). The number of piperidine rings is 1. The monoisotopic (exact) mass is 222 g/mol. The molecule has 1 N–H and O–H groups in total. The summed E-state index contributed by atoms with van der Waals surface area (Å²) in [6.45, 7) is 5.61. The predicted octanol–water partition coefficient (Wildman–Crippen LogP) is 1.62. The molecular formula is C12H22N4. The van der Waals surface area contributed by atoms with Crippen LogP contribution in [0.15, 0.2) is 6.33 Å². The van der Waals surface area contributed by atoms with Crippen LogP contribution in [0.3, 0.4) is 0 Å². The SMILES string of the molecule is CCCCn1cnnc1CC1CCNCC1. The third kappa shape index (κ3) is 3.04. The summed E-state index contributed by atoms with van der Waals surface area (Å²) in [6.07, 6.45) is 7.99. The molecule has 1 aliphatic rings. The molecule has 0 aromatic carbocycles. The van der Waals surface area contributed by atoms with Crippen LogP contribution >= 0.6 is 0 Å². The molecule has 16 heavy (non-hydrogen) atoms. The van der Waals surface area contributed by atoms with Gasteiger partial charge in [0.1, 0.15) is 12.2 Å². The standard InChI is InChI=1S/C12H22N4/c1-2-3-8-16-10-14-15-12(16)9-11-4-6-13-7-5-11/h10-11,13H,2-9H2,1H3. The molecule has 0 radical (unpaired) electrons. The molecule has 4 nitrogen and oxygen atoms in total. The first kappa shape index (κ1) is 11.6. The van der Waals surface area contributed by atoms with Crippen LogP contribution in [0.1, 0.15) is 38.4 Å². The van der Waals surface area contributed by atoms with E-state index in [-0.39, 0.29) is 0 Å². The summed E-state index contributed by atoms with van der Waals surface area (Å²) >= 11 is 0. The van der Waals surface area contributed by atoms with E-state index in [1.54, 1.807) is 0 Å². The Hall–Kier alpha value is -0.900. The summed E-state index contributed by atoms with van der Waals surface area (Å²) in [5, 5.41) is 11.7. The van der Waals surface area contributed by atoms with Gasteiger partial charge in [-0.1, -0.05) is 13.3 Å². The van der Waals surface area contributed by atoms with Crippen LogP contribution < -0.4 is 5.32 Å². The van der Waals surface area contributed by atoms with Crippen LogP contribution in [0.4, 0.5) is 0 Å². The van der Waals surface area contributed by atoms with Gasteiger partial charge in [-0.3, -0.25) is 0 Å². The van der Waals surface area contributed by atoms with Gasteiger partial charge in [-0.05, 0) is 38.3 Å². The topological polar surface area (TPSA) is 42.7 Å². The van der Waals surface area contributed by atoms with E-state index in [0.717, 1.165) is 32.0 Å². The van der Waals surface area contributed by atoms with E-state index >= 15 is 0 Å². The molecule has 1 aromatic rings. The molecule has 0 spiro atoms. The van der Waals surface area contributed by atoms with Crippen LogP contribution in [0, 0.1) is 5.92 Å². The number of nitrogens with zero attached hydrogens (tertiary/aromatic N) is 3. The number of unbranched alkanes of at least 4 members (excludes halogenated alkanes) is 1. The van der Waals surface area contributed by atoms with Crippen LogP contribution in [0.25, 0.3) is 0 Å². The van der Waals surface area contributed by atoms with E-state index in [4.69, 9.17) is 0 Å². The van der Waals surface area contributed by atoms with Crippen LogP contribution in [-0.4, -0.2) is 27.9 Å². The second-order valence-electron chi connectivity index (χ2n) is 4.69. The number of hydrogen-bond acceptors (Lipinski definition) is 3. The summed E-state index contributed by atoms with van der Waals surface area (Å²) in [5.41, 5.74) is 0. The van der Waals surface area contributed by atoms with Crippen molar-refractivity contribution >= 4 is 0 Å². The van der Waals surface area contributed by atoms with Crippen molar-refractivity contribution in [3.63, 3.8) is 0 Å². The van der Waals surface area contributed by atoms with Gasteiger partial charge >= 0.3 is 0 Å². The number of rotatable bonds is 5. The first-order valence-electron chi connectivity index (χ1n) is 6.47. The minimum Gasteiger partial charge on any atom is -0.318 e. The maximum Gasteiger partial charge on any atom is 0.133 e. The zero-order valence-corrected chi connectivity index (χ0v) is 10.2. The molecule has 2 heterocycles. The lowest BCUT2D eigenvalue weighted by Crippen LogP contribution is -2.29. The number of hydrogen-bond donors (Lipinski definition) is 1. The first-order chi connectivity index (χ1) is 7.90. The number of nitrogens with one attached hydrogen (secondary N) is 1.